The number of aromatic nitrogens is 1. The van der Waals surface area contributed by atoms with Crippen molar-refractivity contribution in [1.82, 2.24) is 4.98 Å². The lowest BCUT2D eigenvalue weighted by Crippen LogP contribution is -2.13. The molecule has 0 spiro atoms. The van der Waals surface area contributed by atoms with Crippen molar-refractivity contribution in [2.75, 3.05) is 0 Å². The van der Waals surface area contributed by atoms with E-state index in [0.29, 0.717) is 18.1 Å². The average molecular weight is 254 g/mol. The van der Waals surface area contributed by atoms with Gasteiger partial charge in [-0.1, -0.05) is 0 Å². The van der Waals surface area contributed by atoms with E-state index in [1.807, 2.05) is 6.20 Å². The molecule has 3 heteroatoms. The summed E-state index contributed by atoms with van der Waals surface area (Å²) in [7, 11) is 0. The molecule has 1 aromatic rings. The van der Waals surface area contributed by atoms with E-state index in [4.69, 9.17) is 0 Å². The zero-order chi connectivity index (χ0) is 9.97. The summed E-state index contributed by atoms with van der Waals surface area (Å²) in [5, 5.41) is 0. The summed E-state index contributed by atoms with van der Waals surface area (Å²) in [5.74, 6) is 0.780. The second-order valence-electron chi connectivity index (χ2n) is 3.77. The molecule has 14 heavy (non-hydrogen) atoms. The molecule has 1 unspecified atom stereocenters. The van der Waals surface area contributed by atoms with Crippen LogP contribution in [0.15, 0.2) is 22.9 Å². The van der Waals surface area contributed by atoms with Gasteiger partial charge in [-0.15, -0.1) is 0 Å². The van der Waals surface area contributed by atoms with Crippen molar-refractivity contribution < 1.29 is 4.79 Å². The van der Waals surface area contributed by atoms with Crippen LogP contribution in [0.25, 0.3) is 0 Å². The molecule has 1 saturated carbocycles. The monoisotopic (exact) mass is 253 g/mol. The molecule has 2 nitrogen and oxygen atoms in total. The molecule has 1 atom stereocenters. The molecule has 0 aliphatic heterocycles. The molecule has 0 saturated heterocycles. The number of carbonyl (C=O) groups excluding carboxylic acids is 1. The topological polar surface area (TPSA) is 30.0 Å². The third kappa shape index (κ3) is 2.21. The molecule has 74 valence electrons. The highest BCUT2D eigenvalue weighted by Crippen LogP contribution is 2.31. The van der Waals surface area contributed by atoms with Gasteiger partial charge in [0.1, 0.15) is 5.78 Å². The predicted octanol–water partition coefficient (Wildman–Crippen LogP) is 3.07. The molecule has 0 aromatic carbocycles. The van der Waals surface area contributed by atoms with Crippen LogP contribution in [-0.2, 0) is 4.79 Å². The normalized spacial score (nSPS) is 22.4. The number of Topliss-reactive ketones (excluding diaryl/α,β-unsaturated/α-hetero) is 1. The minimum atomic E-state index is 0.390. The van der Waals surface area contributed by atoms with Gasteiger partial charge in [-0.05, 0) is 46.3 Å². The molecule has 0 amide bonds. The molecule has 1 aromatic heterocycles. The standard InChI is InChI=1S/C11H12BrNO/c12-10-4-9(6-13-7-10)8-2-1-3-11(14)5-8/h4,6-8H,1-3,5H2. The van der Waals surface area contributed by atoms with E-state index in [2.05, 4.69) is 27.0 Å². The van der Waals surface area contributed by atoms with Crippen LogP contribution < -0.4 is 0 Å². The van der Waals surface area contributed by atoms with Crippen LogP contribution in [0, 0.1) is 0 Å². The van der Waals surface area contributed by atoms with Crippen LogP contribution in [0.1, 0.15) is 37.2 Å². The average Bonchev–Trinajstić information content (AvgIpc) is 2.18. The van der Waals surface area contributed by atoms with Gasteiger partial charge in [0.2, 0.25) is 0 Å². The zero-order valence-electron chi connectivity index (χ0n) is 7.87. The summed E-state index contributed by atoms with van der Waals surface area (Å²) >= 11 is 3.40. The van der Waals surface area contributed by atoms with E-state index in [9.17, 15) is 4.79 Å². The van der Waals surface area contributed by atoms with Crippen LogP contribution in [0.2, 0.25) is 0 Å². The van der Waals surface area contributed by atoms with Crippen molar-refractivity contribution in [3.63, 3.8) is 0 Å². The number of ketones is 1. The summed E-state index contributed by atoms with van der Waals surface area (Å²) in [6.07, 6.45) is 7.23. The van der Waals surface area contributed by atoms with Crippen LogP contribution in [-0.4, -0.2) is 10.8 Å². The minimum absolute atomic E-state index is 0.390. The fourth-order valence-corrected chi connectivity index (χ4v) is 2.34. The molecule has 2 rings (SSSR count). The van der Waals surface area contributed by atoms with Crippen molar-refractivity contribution in [3.8, 4) is 0 Å². The van der Waals surface area contributed by atoms with Gasteiger partial charge in [0.25, 0.3) is 0 Å². The quantitative estimate of drug-likeness (QED) is 0.770. The molecular formula is C11H12BrNO. The lowest BCUT2D eigenvalue weighted by atomic mass is 9.84. The largest absolute Gasteiger partial charge is 0.300 e. The summed E-state index contributed by atoms with van der Waals surface area (Å²) in [6, 6.07) is 2.07. The Hall–Kier alpha value is -0.700. The number of pyridine rings is 1. The van der Waals surface area contributed by atoms with Crippen LogP contribution in [0.4, 0.5) is 0 Å². The molecule has 1 heterocycles. The van der Waals surface area contributed by atoms with E-state index in [1.165, 1.54) is 5.56 Å². The van der Waals surface area contributed by atoms with Crippen molar-refractivity contribution >= 4 is 21.7 Å². The highest BCUT2D eigenvalue weighted by atomic mass is 79.9. The minimum Gasteiger partial charge on any atom is -0.300 e. The molecule has 0 bridgehead atoms. The Kier molecular flexibility index (Phi) is 2.96. The van der Waals surface area contributed by atoms with Gasteiger partial charge in [-0.3, -0.25) is 9.78 Å². The van der Waals surface area contributed by atoms with Crippen LogP contribution in [0.3, 0.4) is 0 Å². The predicted molar refractivity (Wildman–Crippen MR) is 58.2 cm³/mol. The fraction of sp³-hybridized carbons (Fsp3) is 0.455. The maximum Gasteiger partial charge on any atom is 0.133 e. The number of halogens is 1. The second kappa shape index (κ2) is 4.22. The van der Waals surface area contributed by atoms with Gasteiger partial charge >= 0.3 is 0 Å². The maximum absolute atomic E-state index is 11.3. The summed E-state index contributed by atoms with van der Waals surface area (Å²) in [4.78, 5) is 15.4. The lowest BCUT2D eigenvalue weighted by Gasteiger charge is -2.20. The second-order valence-corrected chi connectivity index (χ2v) is 4.68. The van der Waals surface area contributed by atoms with E-state index >= 15 is 0 Å². The van der Waals surface area contributed by atoms with Crippen molar-refractivity contribution in [2.24, 2.45) is 0 Å². The Morgan fingerprint density at radius 3 is 3.00 bits per heavy atom. The number of rotatable bonds is 1. The fourth-order valence-electron chi connectivity index (χ4n) is 1.96. The van der Waals surface area contributed by atoms with Crippen molar-refractivity contribution in [2.45, 2.75) is 31.6 Å². The van der Waals surface area contributed by atoms with Crippen molar-refractivity contribution in [3.05, 3.63) is 28.5 Å². The van der Waals surface area contributed by atoms with Gasteiger partial charge in [0, 0.05) is 29.7 Å². The summed E-state index contributed by atoms with van der Waals surface area (Å²) in [6.45, 7) is 0. The van der Waals surface area contributed by atoms with Gasteiger partial charge in [-0.2, -0.15) is 0 Å². The summed E-state index contributed by atoms with van der Waals surface area (Å²) < 4.78 is 0.994. The Labute approximate surface area is 91.9 Å². The number of nitrogens with zero attached hydrogens (tertiary/aromatic N) is 1. The molecule has 0 radical (unpaired) electrons. The molecule has 0 N–H and O–H groups in total. The van der Waals surface area contributed by atoms with Gasteiger partial charge in [0.05, 0.1) is 0 Å². The first-order chi connectivity index (χ1) is 6.75. The molecule has 1 aliphatic carbocycles. The van der Waals surface area contributed by atoms with Crippen LogP contribution >= 0.6 is 15.9 Å². The van der Waals surface area contributed by atoms with Gasteiger partial charge < -0.3 is 0 Å². The summed E-state index contributed by atoms with van der Waals surface area (Å²) in [5.41, 5.74) is 1.19. The molecule has 1 fully saturated rings. The van der Waals surface area contributed by atoms with Crippen molar-refractivity contribution in [1.29, 1.82) is 0 Å². The van der Waals surface area contributed by atoms with Gasteiger partial charge in [-0.25, -0.2) is 0 Å². The highest BCUT2D eigenvalue weighted by molar-refractivity contribution is 9.10. The van der Waals surface area contributed by atoms with Crippen LogP contribution in [0.5, 0.6) is 0 Å². The Morgan fingerprint density at radius 2 is 2.29 bits per heavy atom. The molecule has 1 aliphatic rings. The zero-order valence-corrected chi connectivity index (χ0v) is 9.46. The van der Waals surface area contributed by atoms with E-state index in [0.717, 1.165) is 23.7 Å². The first-order valence-electron chi connectivity index (χ1n) is 4.88. The number of carbonyl (C=O) groups is 1. The first-order valence-corrected chi connectivity index (χ1v) is 5.67. The smallest absolute Gasteiger partial charge is 0.133 e. The Balaban J connectivity index is 2.17. The number of hydrogen-bond donors (Lipinski definition) is 0. The molecular weight excluding hydrogens is 242 g/mol. The van der Waals surface area contributed by atoms with E-state index in [1.54, 1.807) is 6.20 Å². The Bertz CT molecular complexity index is 351. The van der Waals surface area contributed by atoms with Gasteiger partial charge in [0.15, 0.2) is 0 Å². The number of hydrogen-bond acceptors (Lipinski definition) is 2. The highest BCUT2D eigenvalue weighted by Gasteiger charge is 2.21. The third-order valence-electron chi connectivity index (χ3n) is 2.68. The maximum atomic E-state index is 11.3. The van der Waals surface area contributed by atoms with E-state index < -0.39 is 0 Å². The first kappa shape index (κ1) is 9.84. The SMILES string of the molecule is O=C1CCCC(c2cncc(Br)c2)C1. The van der Waals surface area contributed by atoms with E-state index in [-0.39, 0.29) is 0 Å². The lowest BCUT2D eigenvalue weighted by molar-refractivity contribution is -0.120. The third-order valence-corrected chi connectivity index (χ3v) is 3.11. The Morgan fingerprint density at radius 1 is 1.43 bits per heavy atom.